The van der Waals surface area contributed by atoms with Gasteiger partial charge in [-0.05, 0) is 37.8 Å². The van der Waals surface area contributed by atoms with Crippen molar-refractivity contribution < 1.29 is 51.3 Å². The van der Waals surface area contributed by atoms with Crippen LogP contribution in [0.4, 0.5) is 0 Å². The second-order valence-corrected chi connectivity index (χ2v) is 12.3. The summed E-state index contributed by atoms with van der Waals surface area (Å²) in [5, 5.41) is 13.6. The molecule has 2 N–H and O–H groups in total. The van der Waals surface area contributed by atoms with Crippen molar-refractivity contribution in [1.82, 2.24) is 15.0 Å². The van der Waals surface area contributed by atoms with Crippen molar-refractivity contribution in [3.8, 4) is 11.3 Å². The summed E-state index contributed by atoms with van der Waals surface area (Å²) in [4.78, 5) is 50.8. The molecule has 1 fully saturated rings. The van der Waals surface area contributed by atoms with E-state index < -0.39 is 64.5 Å². The van der Waals surface area contributed by atoms with E-state index in [1.165, 1.54) is 29.1 Å². The number of benzene rings is 1. The molecule has 46 heavy (non-hydrogen) atoms. The number of nitrogens with zero attached hydrogens (tertiary/aromatic N) is 3. The molecule has 0 radical (unpaired) electrons. The Morgan fingerprint density at radius 1 is 0.826 bits per heavy atom. The first-order valence-electron chi connectivity index (χ1n) is 15.4. The molecule has 1 aromatic carbocycles. The van der Waals surface area contributed by atoms with Gasteiger partial charge in [0.15, 0.2) is 24.5 Å². The highest BCUT2D eigenvalue weighted by Crippen LogP contribution is 2.36. The lowest BCUT2D eigenvalue weighted by Crippen LogP contribution is -2.61. The van der Waals surface area contributed by atoms with E-state index in [-0.39, 0.29) is 42.9 Å². The fourth-order valence-corrected chi connectivity index (χ4v) is 5.27. The van der Waals surface area contributed by atoms with E-state index in [0.29, 0.717) is 31.2 Å². The molecule has 254 valence electrons. The van der Waals surface area contributed by atoms with Gasteiger partial charge in [-0.3, -0.25) is 19.2 Å². The molecule has 0 spiro atoms. The molecule has 1 saturated heterocycles. The molecule has 16 heteroatoms. The zero-order valence-electron chi connectivity index (χ0n) is 26.5. The Labute approximate surface area is 268 Å². The van der Waals surface area contributed by atoms with Gasteiger partial charge in [-0.25, -0.2) is 18.2 Å². The van der Waals surface area contributed by atoms with Crippen LogP contribution in [-0.4, -0.2) is 78.3 Å². The zero-order valence-corrected chi connectivity index (χ0v) is 27.3. The lowest BCUT2D eigenvalue weighted by Gasteiger charge is -2.44. The summed E-state index contributed by atoms with van der Waals surface area (Å²) in [5.74, 6) is -2.41. The molecule has 0 unspecified atom stereocenters. The Balaban J connectivity index is 2.12. The standard InChI is InChI=1S/C30H42N4O11S/c1-5-10-23(35)41-18-22-27(43-24(36)11-6-2)28(44-25(37)12-7-3)29(45-26(38)13-8-4)30(42-22)34-17-21(32-33-34)19-14-9-15-20(16-19)46(31,39)40/h9,14-17,22,27-30H,5-8,10-13,18H2,1-4H3,(H2,31,39,40)/t22-,27-,28+,29-,30-/m1/s1. The lowest BCUT2D eigenvalue weighted by atomic mass is 9.97. The summed E-state index contributed by atoms with van der Waals surface area (Å²) in [6.45, 7) is 6.78. The van der Waals surface area contributed by atoms with Gasteiger partial charge in [0, 0.05) is 31.2 Å². The Bertz CT molecular complexity index is 1460. The van der Waals surface area contributed by atoms with Gasteiger partial charge < -0.3 is 23.7 Å². The maximum atomic E-state index is 12.9. The predicted molar refractivity (Wildman–Crippen MR) is 161 cm³/mol. The molecule has 1 aliphatic rings. The van der Waals surface area contributed by atoms with Gasteiger partial charge in [0.1, 0.15) is 18.4 Å². The third kappa shape index (κ3) is 10.1. The number of primary sulfonamides is 1. The summed E-state index contributed by atoms with van der Waals surface area (Å²) in [7, 11) is -4.01. The van der Waals surface area contributed by atoms with Crippen molar-refractivity contribution in [2.75, 3.05) is 6.61 Å². The number of hydrogen-bond acceptors (Lipinski definition) is 13. The molecule has 1 aliphatic heterocycles. The minimum atomic E-state index is -4.01. The third-order valence-electron chi connectivity index (χ3n) is 6.87. The van der Waals surface area contributed by atoms with Crippen LogP contribution in [0.3, 0.4) is 0 Å². The van der Waals surface area contributed by atoms with Crippen molar-refractivity contribution in [1.29, 1.82) is 0 Å². The number of esters is 4. The first-order valence-corrected chi connectivity index (χ1v) is 16.9. The highest BCUT2D eigenvalue weighted by molar-refractivity contribution is 7.89. The largest absolute Gasteiger partial charge is 0.463 e. The van der Waals surface area contributed by atoms with Gasteiger partial charge in [0.2, 0.25) is 10.0 Å². The number of carbonyl (C=O) groups excluding carboxylic acids is 4. The van der Waals surface area contributed by atoms with Crippen LogP contribution in [-0.2, 0) is 52.9 Å². The van der Waals surface area contributed by atoms with Crippen LogP contribution in [0.5, 0.6) is 0 Å². The SMILES string of the molecule is CCCC(=O)OC[C@H]1O[C@@H](n2cc(-c3cccc(S(N)(=O)=O)c3)nn2)[C@H](OC(=O)CCC)[C@@H](OC(=O)CCC)[C@@H]1OC(=O)CCC. The number of hydrogen-bond donors (Lipinski definition) is 1. The zero-order chi connectivity index (χ0) is 33.9. The molecule has 0 bridgehead atoms. The monoisotopic (exact) mass is 666 g/mol. The fourth-order valence-electron chi connectivity index (χ4n) is 4.71. The van der Waals surface area contributed by atoms with Crippen molar-refractivity contribution >= 4 is 33.9 Å². The Morgan fingerprint density at radius 3 is 1.93 bits per heavy atom. The summed E-state index contributed by atoms with van der Waals surface area (Å²) in [6, 6.07) is 5.73. The van der Waals surface area contributed by atoms with Crippen molar-refractivity contribution in [2.24, 2.45) is 5.14 Å². The van der Waals surface area contributed by atoms with Gasteiger partial charge in [-0.15, -0.1) is 5.10 Å². The number of nitrogens with two attached hydrogens (primary N) is 1. The van der Waals surface area contributed by atoms with E-state index in [1.54, 1.807) is 26.8 Å². The second kappa shape index (κ2) is 17.1. The summed E-state index contributed by atoms with van der Waals surface area (Å²) in [5.41, 5.74) is 0.574. The van der Waals surface area contributed by atoms with Crippen LogP contribution in [0.25, 0.3) is 11.3 Å². The molecule has 2 heterocycles. The van der Waals surface area contributed by atoms with E-state index in [1.807, 2.05) is 6.92 Å². The molecule has 2 aromatic rings. The van der Waals surface area contributed by atoms with Crippen LogP contribution in [0, 0.1) is 0 Å². The number of aromatic nitrogens is 3. The van der Waals surface area contributed by atoms with Gasteiger partial charge in [0.05, 0.1) is 11.1 Å². The second-order valence-electron chi connectivity index (χ2n) is 10.8. The Hall–Kier alpha value is -3.89. The molecule has 0 amide bonds. The number of sulfonamides is 1. The number of ether oxygens (including phenoxy) is 5. The highest BCUT2D eigenvalue weighted by Gasteiger charge is 2.53. The van der Waals surface area contributed by atoms with E-state index in [0.717, 1.165) is 0 Å². The van der Waals surface area contributed by atoms with E-state index in [4.69, 9.17) is 28.8 Å². The summed E-state index contributed by atoms with van der Waals surface area (Å²) >= 11 is 0. The first kappa shape index (κ1) is 36.6. The van der Waals surface area contributed by atoms with Crippen LogP contribution in [0.15, 0.2) is 35.4 Å². The number of rotatable bonds is 16. The van der Waals surface area contributed by atoms with Gasteiger partial charge in [0.25, 0.3) is 0 Å². The fraction of sp³-hybridized carbons (Fsp3) is 0.600. The predicted octanol–water partition coefficient (Wildman–Crippen LogP) is 2.97. The molecule has 1 aromatic heterocycles. The normalized spacial score (nSPS) is 21.3. The lowest BCUT2D eigenvalue weighted by molar-refractivity contribution is -0.272. The van der Waals surface area contributed by atoms with Crippen LogP contribution in [0.2, 0.25) is 0 Å². The van der Waals surface area contributed by atoms with Crippen molar-refractivity contribution in [3.63, 3.8) is 0 Å². The molecule has 5 atom stereocenters. The topological polar surface area (TPSA) is 205 Å². The average molecular weight is 667 g/mol. The van der Waals surface area contributed by atoms with Gasteiger partial charge >= 0.3 is 23.9 Å². The highest BCUT2D eigenvalue weighted by atomic mass is 32.2. The van der Waals surface area contributed by atoms with E-state index in [9.17, 15) is 27.6 Å². The minimum Gasteiger partial charge on any atom is -0.463 e. The van der Waals surface area contributed by atoms with Crippen molar-refractivity contribution in [2.45, 2.75) is 115 Å². The average Bonchev–Trinajstić information content (AvgIpc) is 3.49. The summed E-state index contributed by atoms with van der Waals surface area (Å²) < 4.78 is 54.2. The Kier molecular flexibility index (Phi) is 13.6. The molecular weight excluding hydrogens is 624 g/mol. The van der Waals surface area contributed by atoms with E-state index >= 15 is 0 Å². The van der Waals surface area contributed by atoms with Crippen LogP contribution in [0.1, 0.15) is 85.3 Å². The molecular formula is C30H42N4O11S. The molecule has 15 nitrogen and oxygen atoms in total. The maximum absolute atomic E-state index is 12.9. The third-order valence-corrected chi connectivity index (χ3v) is 7.78. The van der Waals surface area contributed by atoms with Gasteiger partial charge in [-0.2, -0.15) is 0 Å². The molecule has 3 rings (SSSR count). The van der Waals surface area contributed by atoms with E-state index in [2.05, 4.69) is 10.3 Å². The van der Waals surface area contributed by atoms with Crippen molar-refractivity contribution in [3.05, 3.63) is 30.5 Å². The quantitative estimate of drug-likeness (QED) is 0.202. The molecule has 0 saturated carbocycles. The van der Waals surface area contributed by atoms with Gasteiger partial charge in [-0.1, -0.05) is 45.0 Å². The first-order chi connectivity index (χ1) is 21.9. The smallest absolute Gasteiger partial charge is 0.306 e. The summed E-state index contributed by atoms with van der Waals surface area (Å²) in [6.07, 6.45) is -3.01. The maximum Gasteiger partial charge on any atom is 0.306 e. The minimum absolute atomic E-state index is 0.0251. The number of carbonyl (C=O) groups is 4. The van der Waals surface area contributed by atoms with Crippen LogP contribution >= 0.6 is 0 Å². The van der Waals surface area contributed by atoms with Crippen LogP contribution < -0.4 is 5.14 Å². The Morgan fingerprint density at radius 2 is 1.37 bits per heavy atom. The molecule has 0 aliphatic carbocycles.